The van der Waals surface area contributed by atoms with Crippen LogP contribution in [0.1, 0.15) is 37.8 Å². The van der Waals surface area contributed by atoms with Crippen LogP contribution in [0.4, 0.5) is 4.39 Å². The van der Waals surface area contributed by atoms with E-state index in [9.17, 15) is 4.39 Å². The summed E-state index contributed by atoms with van der Waals surface area (Å²) in [4.78, 5) is 5.71. The number of rotatable bonds is 4. The second-order valence-corrected chi connectivity index (χ2v) is 4.75. The van der Waals surface area contributed by atoms with Gasteiger partial charge in [-0.15, -0.1) is 0 Å². The summed E-state index contributed by atoms with van der Waals surface area (Å²) in [5.74, 6) is -0.220. The average Bonchev–Trinajstić information content (AvgIpc) is 2.42. The van der Waals surface area contributed by atoms with E-state index in [1.54, 1.807) is 12.1 Å². The molecule has 0 radical (unpaired) electrons. The van der Waals surface area contributed by atoms with Crippen molar-refractivity contribution in [3.63, 3.8) is 0 Å². The van der Waals surface area contributed by atoms with Crippen LogP contribution in [0.25, 0.3) is 0 Å². The van der Waals surface area contributed by atoms with Gasteiger partial charge in [-0.05, 0) is 37.0 Å². The zero-order chi connectivity index (χ0) is 13.0. The molecule has 0 amide bonds. The van der Waals surface area contributed by atoms with Gasteiger partial charge < -0.3 is 5.73 Å². The lowest BCUT2D eigenvalue weighted by molar-refractivity contribution is -0.212. The van der Waals surface area contributed by atoms with Crippen molar-refractivity contribution in [1.29, 1.82) is 0 Å². The van der Waals surface area contributed by atoms with Gasteiger partial charge in [0, 0.05) is 12.6 Å². The second kappa shape index (κ2) is 6.27. The van der Waals surface area contributed by atoms with Crippen molar-refractivity contribution in [2.75, 3.05) is 13.2 Å². The minimum atomic E-state index is -0.220. The van der Waals surface area contributed by atoms with Crippen molar-refractivity contribution in [1.82, 2.24) is 5.06 Å². The lowest BCUT2D eigenvalue weighted by Crippen LogP contribution is -2.43. The molecule has 1 aromatic rings. The Hall–Kier alpha value is -0.970. The third-order valence-corrected chi connectivity index (χ3v) is 3.43. The molecule has 0 aliphatic carbocycles. The number of halogens is 1. The molecule has 1 saturated heterocycles. The van der Waals surface area contributed by atoms with Crippen LogP contribution in [0.3, 0.4) is 0 Å². The largest absolute Gasteiger partial charge is 0.326 e. The highest BCUT2D eigenvalue weighted by Crippen LogP contribution is 2.27. The first-order valence-corrected chi connectivity index (χ1v) is 6.63. The van der Waals surface area contributed by atoms with E-state index in [-0.39, 0.29) is 17.9 Å². The molecule has 1 aromatic carbocycles. The predicted octanol–water partition coefficient (Wildman–Crippen LogP) is 2.63. The molecule has 3 nitrogen and oxygen atoms in total. The van der Waals surface area contributed by atoms with E-state index in [2.05, 4.69) is 6.92 Å². The van der Waals surface area contributed by atoms with Crippen LogP contribution in [0, 0.1) is 5.82 Å². The molecule has 2 atom stereocenters. The number of hydroxylamine groups is 2. The topological polar surface area (TPSA) is 38.5 Å². The maximum absolute atomic E-state index is 13.0. The van der Waals surface area contributed by atoms with Gasteiger partial charge in [0.1, 0.15) is 5.82 Å². The molecule has 0 saturated carbocycles. The van der Waals surface area contributed by atoms with Crippen LogP contribution in [0.2, 0.25) is 0 Å². The normalized spacial score (nSPS) is 20.6. The van der Waals surface area contributed by atoms with Crippen LogP contribution in [0.5, 0.6) is 0 Å². The van der Waals surface area contributed by atoms with Gasteiger partial charge in [-0.1, -0.05) is 19.1 Å². The van der Waals surface area contributed by atoms with Crippen molar-refractivity contribution in [3.8, 4) is 0 Å². The summed E-state index contributed by atoms with van der Waals surface area (Å²) in [6, 6.07) is 6.56. The fourth-order valence-corrected chi connectivity index (χ4v) is 2.35. The summed E-state index contributed by atoms with van der Waals surface area (Å²) in [5.41, 5.74) is 7.22. The minimum Gasteiger partial charge on any atom is -0.326 e. The molecule has 4 heteroatoms. The van der Waals surface area contributed by atoms with E-state index in [0.717, 1.165) is 38.0 Å². The Balaban J connectivity index is 2.20. The SMILES string of the molecule is CCC(N)C(c1ccc(F)cc1)N1CCCCO1. The van der Waals surface area contributed by atoms with Gasteiger partial charge >= 0.3 is 0 Å². The lowest BCUT2D eigenvalue weighted by atomic mass is 9.97. The van der Waals surface area contributed by atoms with Crippen molar-refractivity contribution >= 4 is 0 Å². The van der Waals surface area contributed by atoms with E-state index in [4.69, 9.17) is 10.6 Å². The first kappa shape index (κ1) is 13.5. The maximum atomic E-state index is 13.0. The van der Waals surface area contributed by atoms with Gasteiger partial charge in [0.2, 0.25) is 0 Å². The Morgan fingerprint density at radius 1 is 1.33 bits per heavy atom. The van der Waals surface area contributed by atoms with E-state index in [1.807, 2.05) is 5.06 Å². The molecule has 0 aromatic heterocycles. The Morgan fingerprint density at radius 3 is 2.61 bits per heavy atom. The molecule has 0 spiro atoms. The maximum Gasteiger partial charge on any atom is 0.123 e. The smallest absolute Gasteiger partial charge is 0.123 e. The van der Waals surface area contributed by atoms with Crippen molar-refractivity contribution in [2.24, 2.45) is 5.73 Å². The summed E-state index contributed by atoms with van der Waals surface area (Å²) in [7, 11) is 0. The molecule has 18 heavy (non-hydrogen) atoms. The van der Waals surface area contributed by atoms with Gasteiger partial charge in [0.15, 0.2) is 0 Å². The number of hydrogen-bond donors (Lipinski definition) is 1. The Morgan fingerprint density at radius 2 is 2.06 bits per heavy atom. The van der Waals surface area contributed by atoms with Gasteiger partial charge in [-0.2, -0.15) is 5.06 Å². The summed E-state index contributed by atoms with van der Waals surface area (Å²) >= 11 is 0. The predicted molar refractivity (Wildman–Crippen MR) is 69.3 cm³/mol. The van der Waals surface area contributed by atoms with E-state index in [0.29, 0.717) is 0 Å². The van der Waals surface area contributed by atoms with Crippen LogP contribution in [-0.4, -0.2) is 24.3 Å². The van der Waals surface area contributed by atoms with E-state index >= 15 is 0 Å². The molecule has 1 heterocycles. The molecule has 1 aliphatic heterocycles. The molecule has 2 N–H and O–H groups in total. The Bertz CT molecular complexity index is 363. The number of nitrogens with zero attached hydrogens (tertiary/aromatic N) is 1. The van der Waals surface area contributed by atoms with E-state index in [1.165, 1.54) is 12.1 Å². The standard InChI is InChI=1S/C14H21FN2O/c1-2-13(16)14(17-9-3-4-10-18-17)11-5-7-12(15)8-6-11/h5-8,13-14H,2-4,9-10,16H2,1H3. The summed E-state index contributed by atoms with van der Waals surface area (Å²) < 4.78 is 13.0. The highest BCUT2D eigenvalue weighted by molar-refractivity contribution is 5.21. The van der Waals surface area contributed by atoms with Crippen molar-refractivity contribution in [2.45, 2.75) is 38.3 Å². The summed E-state index contributed by atoms with van der Waals surface area (Å²) in [6.07, 6.45) is 3.07. The van der Waals surface area contributed by atoms with Gasteiger partial charge in [0.25, 0.3) is 0 Å². The second-order valence-electron chi connectivity index (χ2n) is 4.75. The zero-order valence-electron chi connectivity index (χ0n) is 10.8. The molecular weight excluding hydrogens is 231 g/mol. The molecule has 1 aliphatic rings. The number of nitrogens with two attached hydrogens (primary N) is 1. The minimum absolute atomic E-state index is 0.00596. The number of hydrogen-bond acceptors (Lipinski definition) is 3. The summed E-state index contributed by atoms with van der Waals surface area (Å²) in [5, 5.41) is 1.96. The first-order chi connectivity index (χ1) is 8.72. The molecule has 0 bridgehead atoms. The zero-order valence-corrected chi connectivity index (χ0v) is 10.8. The Labute approximate surface area is 108 Å². The van der Waals surface area contributed by atoms with Gasteiger partial charge in [-0.3, -0.25) is 4.84 Å². The van der Waals surface area contributed by atoms with Crippen LogP contribution < -0.4 is 5.73 Å². The quantitative estimate of drug-likeness (QED) is 0.895. The molecule has 1 fully saturated rings. The fraction of sp³-hybridized carbons (Fsp3) is 0.571. The third kappa shape index (κ3) is 3.07. The third-order valence-electron chi connectivity index (χ3n) is 3.43. The Kier molecular flexibility index (Phi) is 4.69. The van der Waals surface area contributed by atoms with E-state index < -0.39 is 0 Å². The molecule has 2 unspecified atom stereocenters. The van der Waals surface area contributed by atoms with Crippen LogP contribution in [-0.2, 0) is 4.84 Å². The average molecular weight is 252 g/mol. The first-order valence-electron chi connectivity index (χ1n) is 6.63. The van der Waals surface area contributed by atoms with Crippen LogP contribution >= 0.6 is 0 Å². The molecule has 100 valence electrons. The van der Waals surface area contributed by atoms with Crippen molar-refractivity contribution < 1.29 is 9.23 Å². The lowest BCUT2D eigenvalue weighted by Gasteiger charge is -2.36. The molecular formula is C14H21FN2O. The van der Waals surface area contributed by atoms with Crippen molar-refractivity contribution in [3.05, 3.63) is 35.6 Å². The molecule has 2 rings (SSSR count). The van der Waals surface area contributed by atoms with Crippen LogP contribution in [0.15, 0.2) is 24.3 Å². The highest BCUT2D eigenvalue weighted by atomic mass is 19.1. The monoisotopic (exact) mass is 252 g/mol. The van der Waals surface area contributed by atoms with Gasteiger partial charge in [0.05, 0.1) is 12.6 Å². The fourth-order valence-electron chi connectivity index (χ4n) is 2.35. The summed E-state index contributed by atoms with van der Waals surface area (Å²) in [6.45, 7) is 3.69. The highest BCUT2D eigenvalue weighted by Gasteiger charge is 2.28. The number of benzene rings is 1. The van der Waals surface area contributed by atoms with Gasteiger partial charge in [-0.25, -0.2) is 4.39 Å².